The molecule has 1 aliphatic rings. The minimum Gasteiger partial charge on any atom is -0.338 e. The summed E-state index contributed by atoms with van der Waals surface area (Å²) < 4.78 is 0. The summed E-state index contributed by atoms with van der Waals surface area (Å²) in [6, 6.07) is 4.75. The van der Waals surface area contributed by atoms with Crippen LogP contribution in [-0.2, 0) is 11.3 Å². The molecule has 1 amide bonds. The van der Waals surface area contributed by atoms with E-state index in [2.05, 4.69) is 5.43 Å². The zero-order chi connectivity index (χ0) is 14.5. The summed E-state index contributed by atoms with van der Waals surface area (Å²) in [5.74, 6) is 5.50. The van der Waals surface area contributed by atoms with E-state index in [-0.39, 0.29) is 17.3 Å². The molecule has 1 heterocycles. The third-order valence-electron chi connectivity index (χ3n) is 3.50. The topological polar surface area (TPSA) is 102 Å². The number of nitrogens with one attached hydrogen (secondary N) is 1. The summed E-state index contributed by atoms with van der Waals surface area (Å²) in [5, 5.41) is 11.0. The maximum atomic E-state index is 12.0. The number of benzene rings is 1. The van der Waals surface area contributed by atoms with Crippen LogP contribution in [0, 0.1) is 10.1 Å². The van der Waals surface area contributed by atoms with Gasteiger partial charge in [-0.15, -0.1) is 0 Å². The molecular formula is C13H18N4O3. The van der Waals surface area contributed by atoms with Crippen molar-refractivity contribution in [3.8, 4) is 0 Å². The highest BCUT2D eigenvalue weighted by Crippen LogP contribution is 2.29. The largest absolute Gasteiger partial charge is 0.338 e. The van der Waals surface area contributed by atoms with Crippen LogP contribution in [0.15, 0.2) is 18.2 Å². The van der Waals surface area contributed by atoms with Crippen LogP contribution in [0.3, 0.4) is 0 Å². The number of nitro benzene ring substituents is 1. The molecule has 3 N–H and O–H groups in total. The molecule has 0 aromatic heterocycles. The lowest BCUT2D eigenvalue weighted by molar-refractivity contribution is -0.384. The number of amides is 1. The predicted octanol–water partition coefficient (Wildman–Crippen LogP) is 1.78. The third-order valence-corrected chi connectivity index (χ3v) is 3.50. The van der Waals surface area contributed by atoms with E-state index < -0.39 is 4.92 Å². The highest BCUT2D eigenvalue weighted by molar-refractivity contribution is 5.77. The first-order chi connectivity index (χ1) is 9.63. The van der Waals surface area contributed by atoms with Gasteiger partial charge in [-0.05, 0) is 12.8 Å². The molecule has 0 unspecified atom stereocenters. The number of hydrogen-bond acceptors (Lipinski definition) is 5. The number of carbonyl (C=O) groups excluding carboxylic acids is 1. The number of nitrogens with two attached hydrogens (primary N) is 1. The lowest BCUT2D eigenvalue weighted by Crippen LogP contribution is -2.30. The Labute approximate surface area is 116 Å². The number of para-hydroxylation sites is 1. The van der Waals surface area contributed by atoms with Crippen molar-refractivity contribution in [2.75, 3.05) is 12.0 Å². The van der Waals surface area contributed by atoms with Gasteiger partial charge >= 0.3 is 0 Å². The van der Waals surface area contributed by atoms with Crippen LogP contribution in [0.2, 0.25) is 0 Å². The van der Waals surface area contributed by atoms with Crippen molar-refractivity contribution >= 4 is 17.3 Å². The molecule has 1 aromatic carbocycles. The molecule has 1 aromatic rings. The number of carbonyl (C=O) groups is 1. The van der Waals surface area contributed by atoms with Crippen LogP contribution in [0.25, 0.3) is 0 Å². The standard InChI is InChI=1S/C13H18N4O3/c14-15-13-10(5-4-6-11(13)17(19)20)9-16-8-3-1-2-7-12(16)18/h4-6,15H,1-3,7-9,14H2. The van der Waals surface area contributed by atoms with Gasteiger partial charge in [0.2, 0.25) is 5.91 Å². The van der Waals surface area contributed by atoms with Crippen molar-refractivity contribution in [3.05, 3.63) is 33.9 Å². The number of anilines is 1. The van der Waals surface area contributed by atoms with E-state index in [1.54, 1.807) is 17.0 Å². The van der Waals surface area contributed by atoms with Crippen LogP contribution in [-0.4, -0.2) is 22.3 Å². The van der Waals surface area contributed by atoms with Gasteiger partial charge in [-0.1, -0.05) is 18.6 Å². The second kappa shape index (κ2) is 6.33. The molecule has 7 nitrogen and oxygen atoms in total. The van der Waals surface area contributed by atoms with Crippen LogP contribution >= 0.6 is 0 Å². The highest BCUT2D eigenvalue weighted by Gasteiger charge is 2.21. The van der Waals surface area contributed by atoms with Gasteiger partial charge in [-0.2, -0.15) is 0 Å². The van der Waals surface area contributed by atoms with Crippen molar-refractivity contribution in [1.82, 2.24) is 4.90 Å². The van der Waals surface area contributed by atoms with E-state index in [4.69, 9.17) is 5.84 Å². The summed E-state index contributed by atoms with van der Waals surface area (Å²) in [7, 11) is 0. The molecule has 1 aliphatic heterocycles. The number of hydrogen-bond donors (Lipinski definition) is 2. The number of hydrazine groups is 1. The van der Waals surface area contributed by atoms with Gasteiger partial charge in [0.25, 0.3) is 5.69 Å². The summed E-state index contributed by atoms with van der Waals surface area (Å²) in [4.78, 5) is 24.2. The molecule has 0 saturated carbocycles. The molecule has 0 atom stereocenters. The first-order valence-corrected chi connectivity index (χ1v) is 6.64. The Morgan fingerprint density at radius 2 is 2.15 bits per heavy atom. The second-order valence-corrected chi connectivity index (χ2v) is 4.84. The van der Waals surface area contributed by atoms with Crippen molar-refractivity contribution in [1.29, 1.82) is 0 Å². The fourth-order valence-corrected chi connectivity index (χ4v) is 2.45. The summed E-state index contributed by atoms with van der Waals surface area (Å²) >= 11 is 0. The molecule has 0 radical (unpaired) electrons. The molecule has 0 bridgehead atoms. The van der Waals surface area contributed by atoms with Crippen molar-refractivity contribution in [3.63, 3.8) is 0 Å². The van der Waals surface area contributed by atoms with Crippen molar-refractivity contribution in [2.24, 2.45) is 5.84 Å². The smallest absolute Gasteiger partial charge is 0.293 e. The Kier molecular flexibility index (Phi) is 4.52. The minimum atomic E-state index is -0.483. The third kappa shape index (κ3) is 3.05. The van der Waals surface area contributed by atoms with Gasteiger partial charge in [-0.25, -0.2) is 0 Å². The molecular weight excluding hydrogens is 260 g/mol. The van der Waals surface area contributed by atoms with Crippen molar-refractivity contribution in [2.45, 2.75) is 32.2 Å². The average Bonchev–Trinajstić information content (AvgIpc) is 2.64. The minimum absolute atomic E-state index is 0.0766. The Morgan fingerprint density at radius 3 is 2.85 bits per heavy atom. The van der Waals surface area contributed by atoms with E-state index in [1.807, 2.05) is 0 Å². The van der Waals surface area contributed by atoms with Gasteiger partial charge in [0, 0.05) is 31.1 Å². The fourth-order valence-electron chi connectivity index (χ4n) is 2.45. The highest BCUT2D eigenvalue weighted by atomic mass is 16.6. The summed E-state index contributed by atoms with van der Waals surface area (Å²) in [6.07, 6.45) is 3.46. The molecule has 108 valence electrons. The van der Waals surface area contributed by atoms with Gasteiger partial charge in [0.1, 0.15) is 5.69 Å². The van der Waals surface area contributed by atoms with Gasteiger partial charge in [0.05, 0.1) is 4.92 Å². The lowest BCUT2D eigenvalue weighted by Gasteiger charge is -2.21. The fraction of sp³-hybridized carbons (Fsp3) is 0.462. The first kappa shape index (κ1) is 14.3. The first-order valence-electron chi connectivity index (χ1n) is 6.64. The zero-order valence-electron chi connectivity index (χ0n) is 11.2. The number of likely N-dealkylation sites (tertiary alicyclic amines) is 1. The predicted molar refractivity (Wildman–Crippen MR) is 74.8 cm³/mol. The van der Waals surface area contributed by atoms with Crippen LogP contribution in [0.1, 0.15) is 31.2 Å². The van der Waals surface area contributed by atoms with Gasteiger partial charge < -0.3 is 10.3 Å². The van der Waals surface area contributed by atoms with Gasteiger partial charge in [0.15, 0.2) is 0 Å². The Bertz CT molecular complexity index is 518. The molecule has 0 spiro atoms. The molecule has 1 saturated heterocycles. The molecule has 1 fully saturated rings. The number of nitrogens with zero attached hydrogens (tertiary/aromatic N) is 2. The molecule has 2 rings (SSSR count). The zero-order valence-corrected chi connectivity index (χ0v) is 11.2. The summed E-state index contributed by atoms with van der Waals surface area (Å²) in [5.41, 5.74) is 3.25. The van der Waals surface area contributed by atoms with E-state index in [0.717, 1.165) is 19.3 Å². The number of nitrogen functional groups attached to an aromatic ring is 1. The average molecular weight is 278 g/mol. The van der Waals surface area contributed by atoms with Gasteiger partial charge in [-0.3, -0.25) is 20.8 Å². The van der Waals surface area contributed by atoms with Crippen LogP contribution in [0.4, 0.5) is 11.4 Å². The maximum absolute atomic E-state index is 12.0. The molecule has 20 heavy (non-hydrogen) atoms. The van der Waals surface area contributed by atoms with E-state index >= 15 is 0 Å². The SMILES string of the molecule is NNc1c(CN2CCCCCC2=O)cccc1[N+](=O)[O-]. The molecule has 7 heteroatoms. The monoisotopic (exact) mass is 278 g/mol. The molecule has 0 aliphatic carbocycles. The Hall–Kier alpha value is -2.15. The lowest BCUT2D eigenvalue weighted by atomic mass is 10.1. The van der Waals surface area contributed by atoms with E-state index in [0.29, 0.717) is 25.1 Å². The Morgan fingerprint density at radius 1 is 1.35 bits per heavy atom. The van der Waals surface area contributed by atoms with E-state index in [1.165, 1.54) is 6.07 Å². The quantitative estimate of drug-likeness (QED) is 0.496. The van der Waals surface area contributed by atoms with E-state index in [9.17, 15) is 14.9 Å². The van der Waals surface area contributed by atoms with Crippen LogP contribution < -0.4 is 11.3 Å². The normalized spacial score (nSPS) is 15.8. The summed E-state index contributed by atoms with van der Waals surface area (Å²) in [6.45, 7) is 1.03. The van der Waals surface area contributed by atoms with Crippen LogP contribution in [0.5, 0.6) is 0 Å². The second-order valence-electron chi connectivity index (χ2n) is 4.84. The maximum Gasteiger partial charge on any atom is 0.293 e. The van der Waals surface area contributed by atoms with Crippen molar-refractivity contribution < 1.29 is 9.72 Å². The number of nitro groups is 1. The Balaban J connectivity index is 2.26. The number of rotatable bonds is 4.